The number of aliphatic hydroxyl groups is 1. The molecule has 2 nitrogen and oxygen atoms in total. The number of aliphatic hydroxyl groups excluding tert-OH is 1. The summed E-state index contributed by atoms with van der Waals surface area (Å²) in [6.45, 7) is 0.0147. The van der Waals surface area contributed by atoms with Gasteiger partial charge in [0.25, 0.3) is 0 Å². The molecule has 0 fully saturated rings. The van der Waals surface area contributed by atoms with Crippen molar-refractivity contribution in [2.24, 2.45) is 5.73 Å². The van der Waals surface area contributed by atoms with Crippen LogP contribution in [0.15, 0.2) is 36.4 Å². The lowest BCUT2D eigenvalue weighted by Crippen LogP contribution is -2.22. The molecule has 21 heavy (non-hydrogen) atoms. The Morgan fingerprint density at radius 2 is 1.81 bits per heavy atom. The molecule has 112 valence electrons. The second-order valence-corrected chi connectivity index (χ2v) is 5.84. The maximum atomic E-state index is 14.0. The van der Waals surface area contributed by atoms with Crippen LogP contribution in [0.4, 0.5) is 4.39 Å². The van der Waals surface area contributed by atoms with Crippen molar-refractivity contribution in [2.75, 3.05) is 6.54 Å². The number of nitrogens with two attached hydrogens (primary N) is 1. The van der Waals surface area contributed by atoms with E-state index in [4.69, 9.17) is 40.5 Å². The molecule has 2 rings (SSSR count). The van der Waals surface area contributed by atoms with Gasteiger partial charge in [-0.3, -0.25) is 0 Å². The van der Waals surface area contributed by atoms with E-state index in [2.05, 4.69) is 0 Å². The first-order chi connectivity index (χ1) is 9.95. The van der Waals surface area contributed by atoms with Crippen LogP contribution in [0.2, 0.25) is 15.1 Å². The Hall–Kier alpha value is -0.840. The molecule has 0 aliphatic heterocycles. The van der Waals surface area contributed by atoms with Gasteiger partial charge in [-0.15, -0.1) is 0 Å². The van der Waals surface area contributed by atoms with Crippen molar-refractivity contribution >= 4 is 34.8 Å². The van der Waals surface area contributed by atoms with Gasteiger partial charge in [-0.1, -0.05) is 46.9 Å². The highest BCUT2D eigenvalue weighted by molar-refractivity contribution is 6.35. The molecule has 2 aromatic rings. The zero-order valence-corrected chi connectivity index (χ0v) is 13.1. The van der Waals surface area contributed by atoms with Crippen molar-refractivity contribution in [3.05, 3.63) is 68.4 Å². The molecular formula is C15H13Cl3FNO. The summed E-state index contributed by atoms with van der Waals surface area (Å²) < 4.78 is 14.0. The molecule has 0 heterocycles. The fourth-order valence-corrected chi connectivity index (χ4v) is 3.05. The second-order valence-electron chi connectivity index (χ2n) is 4.59. The fourth-order valence-electron chi connectivity index (χ4n) is 2.23. The molecule has 0 radical (unpaired) electrons. The average Bonchev–Trinajstić information content (AvgIpc) is 2.42. The van der Waals surface area contributed by atoms with Crippen LogP contribution in [-0.2, 0) is 0 Å². The van der Waals surface area contributed by atoms with Crippen LogP contribution in [0.5, 0.6) is 0 Å². The summed E-state index contributed by atoms with van der Waals surface area (Å²) in [6, 6.07) is 9.03. The van der Waals surface area contributed by atoms with Gasteiger partial charge in [0.2, 0.25) is 0 Å². The molecule has 0 amide bonds. The van der Waals surface area contributed by atoms with Crippen LogP contribution in [0.25, 0.3) is 0 Å². The quantitative estimate of drug-likeness (QED) is 0.850. The summed E-state index contributed by atoms with van der Waals surface area (Å²) in [5, 5.41) is 11.5. The van der Waals surface area contributed by atoms with Crippen molar-refractivity contribution in [3.63, 3.8) is 0 Å². The zero-order chi connectivity index (χ0) is 15.6. The Morgan fingerprint density at radius 3 is 2.38 bits per heavy atom. The number of rotatable bonds is 4. The predicted octanol–water partition coefficient (Wildman–Crippen LogP) is 4.56. The van der Waals surface area contributed by atoms with Crippen LogP contribution in [-0.4, -0.2) is 11.7 Å². The van der Waals surface area contributed by atoms with E-state index in [1.165, 1.54) is 18.2 Å². The smallest absolute Gasteiger partial charge is 0.128 e. The summed E-state index contributed by atoms with van der Waals surface area (Å²) in [7, 11) is 0. The molecule has 2 atom stereocenters. The molecule has 6 heteroatoms. The summed E-state index contributed by atoms with van der Waals surface area (Å²) in [6.07, 6.45) is -1.09. The van der Waals surface area contributed by atoms with Gasteiger partial charge >= 0.3 is 0 Å². The Morgan fingerprint density at radius 1 is 1.10 bits per heavy atom. The van der Waals surface area contributed by atoms with Gasteiger partial charge in [-0.05, 0) is 29.8 Å². The van der Waals surface area contributed by atoms with Crippen molar-refractivity contribution in [3.8, 4) is 0 Å². The fraction of sp³-hybridized carbons (Fsp3) is 0.200. The Kier molecular flexibility index (Phi) is 5.47. The molecule has 0 bridgehead atoms. The topological polar surface area (TPSA) is 46.2 Å². The standard InChI is InChI=1S/C15H13Cl3FNO/c16-8-4-5-9(12(18)6-8)15(21)10(7-20)14-11(17)2-1-3-13(14)19/h1-6,10,15,21H,7,20H2. The van der Waals surface area contributed by atoms with Gasteiger partial charge in [-0.2, -0.15) is 0 Å². The highest BCUT2D eigenvalue weighted by atomic mass is 35.5. The third-order valence-electron chi connectivity index (χ3n) is 3.29. The highest BCUT2D eigenvalue weighted by Gasteiger charge is 2.27. The SMILES string of the molecule is NCC(c1c(F)cccc1Cl)C(O)c1ccc(Cl)cc1Cl. The lowest BCUT2D eigenvalue weighted by atomic mass is 9.88. The maximum absolute atomic E-state index is 14.0. The van der Waals surface area contributed by atoms with Gasteiger partial charge in [0, 0.05) is 33.1 Å². The summed E-state index contributed by atoms with van der Waals surface area (Å²) in [4.78, 5) is 0. The van der Waals surface area contributed by atoms with E-state index in [1.807, 2.05) is 0 Å². The largest absolute Gasteiger partial charge is 0.388 e. The monoisotopic (exact) mass is 347 g/mol. The minimum absolute atomic E-state index is 0.0147. The number of hydrogen-bond acceptors (Lipinski definition) is 2. The molecular weight excluding hydrogens is 336 g/mol. The van der Waals surface area contributed by atoms with E-state index in [0.717, 1.165) is 0 Å². The molecule has 0 aromatic heterocycles. The molecule has 0 aliphatic carbocycles. The molecule has 2 aromatic carbocycles. The molecule has 2 unspecified atom stereocenters. The molecule has 3 N–H and O–H groups in total. The van der Waals surface area contributed by atoms with E-state index in [0.29, 0.717) is 15.6 Å². The van der Waals surface area contributed by atoms with E-state index >= 15 is 0 Å². The van der Waals surface area contributed by atoms with Gasteiger partial charge < -0.3 is 10.8 Å². The van der Waals surface area contributed by atoms with Crippen molar-refractivity contribution in [1.82, 2.24) is 0 Å². The maximum Gasteiger partial charge on any atom is 0.128 e. The Labute approximate surface area is 137 Å². The van der Waals surface area contributed by atoms with Crippen molar-refractivity contribution < 1.29 is 9.50 Å². The van der Waals surface area contributed by atoms with Crippen LogP contribution in [0.3, 0.4) is 0 Å². The molecule has 0 spiro atoms. The van der Waals surface area contributed by atoms with Crippen LogP contribution in [0, 0.1) is 5.82 Å². The van der Waals surface area contributed by atoms with Crippen LogP contribution < -0.4 is 5.73 Å². The Bertz CT molecular complexity index is 631. The zero-order valence-electron chi connectivity index (χ0n) is 10.9. The third kappa shape index (κ3) is 3.50. The van der Waals surface area contributed by atoms with E-state index in [-0.39, 0.29) is 17.1 Å². The average molecular weight is 349 g/mol. The number of benzene rings is 2. The van der Waals surface area contributed by atoms with Gasteiger partial charge in [0.05, 0.1) is 6.10 Å². The molecule has 0 saturated carbocycles. The van der Waals surface area contributed by atoms with Gasteiger partial charge in [0.15, 0.2) is 0 Å². The van der Waals surface area contributed by atoms with E-state index < -0.39 is 17.8 Å². The first-order valence-corrected chi connectivity index (χ1v) is 7.36. The Balaban J connectivity index is 2.46. The first-order valence-electron chi connectivity index (χ1n) is 6.22. The summed E-state index contributed by atoms with van der Waals surface area (Å²) >= 11 is 17.9. The summed E-state index contributed by atoms with van der Waals surface area (Å²) in [5.41, 5.74) is 6.31. The second kappa shape index (κ2) is 6.95. The van der Waals surface area contributed by atoms with Crippen molar-refractivity contribution in [2.45, 2.75) is 12.0 Å². The van der Waals surface area contributed by atoms with Gasteiger partial charge in [-0.25, -0.2) is 4.39 Å². The third-order valence-corrected chi connectivity index (χ3v) is 4.18. The van der Waals surface area contributed by atoms with Crippen LogP contribution in [0.1, 0.15) is 23.1 Å². The minimum atomic E-state index is -1.09. The van der Waals surface area contributed by atoms with E-state index in [1.54, 1.807) is 18.2 Å². The van der Waals surface area contributed by atoms with Crippen LogP contribution >= 0.6 is 34.8 Å². The molecule has 0 saturated heterocycles. The lowest BCUT2D eigenvalue weighted by molar-refractivity contribution is 0.146. The number of hydrogen-bond donors (Lipinski definition) is 2. The normalized spacial score (nSPS) is 14.0. The summed E-state index contributed by atoms with van der Waals surface area (Å²) in [5.74, 6) is -1.22. The van der Waals surface area contributed by atoms with Crippen molar-refractivity contribution in [1.29, 1.82) is 0 Å². The first kappa shape index (κ1) is 16.5. The van der Waals surface area contributed by atoms with E-state index in [9.17, 15) is 9.50 Å². The molecule has 0 aliphatic rings. The van der Waals surface area contributed by atoms with Gasteiger partial charge in [0.1, 0.15) is 5.82 Å². The predicted molar refractivity (Wildman–Crippen MR) is 84.6 cm³/mol. The number of halogens is 4. The minimum Gasteiger partial charge on any atom is -0.388 e. The highest BCUT2D eigenvalue weighted by Crippen LogP contribution is 2.38. The lowest BCUT2D eigenvalue weighted by Gasteiger charge is -2.24.